The highest BCUT2D eigenvalue weighted by Crippen LogP contribution is 2.23. The van der Waals surface area contributed by atoms with Crippen LogP contribution in [0.25, 0.3) is 16.8 Å². The molecule has 0 fully saturated rings. The summed E-state index contributed by atoms with van der Waals surface area (Å²) in [5.74, 6) is -0.324. The summed E-state index contributed by atoms with van der Waals surface area (Å²) in [6.07, 6.45) is 2.90. The Morgan fingerprint density at radius 2 is 1.59 bits per heavy atom. The minimum Gasteiger partial charge on any atom is -0.489 e. The van der Waals surface area contributed by atoms with Crippen molar-refractivity contribution in [2.45, 2.75) is 6.61 Å². The van der Waals surface area contributed by atoms with E-state index in [9.17, 15) is 9.59 Å². The molecule has 4 rings (SSSR count). The van der Waals surface area contributed by atoms with Gasteiger partial charge in [-0.05, 0) is 41.3 Å². The third-order valence-corrected chi connectivity index (χ3v) is 5.42. The molecule has 0 aliphatic rings. The Bertz CT molecular complexity index is 1330. The van der Waals surface area contributed by atoms with Gasteiger partial charge in [0.2, 0.25) is 0 Å². The van der Waals surface area contributed by atoms with Crippen molar-refractivity contribution in [1.82, 2.24) is 0 Å². The number of ether oxygens (including phenoxy) is 2. The average Bonchev–Trinajstić information content (AvgIpc) is 2.86. The number of amides is 1. The molecule has 1 amide bonds. The minimum absolute atomic E-state index is 0.363. The maximum Gasteiger partial charge on any atom is 0.331 e. The summed E-state index contributed by atoms with van der Waals surface area (Å²) < 4.78 is 10.8. The Hall–Kier alpha value is -4.09. The zero-order chi connectivity index (χ0) is 23.8. The molecule has 5 nitrogen and oxygen atoms in total. The predicted octanol–water partition coefficient (Wildman–Crippen LogP) is 6.27. The maximum absolute atomic E-state index is 12.2. The molecule has 4 aromatic rings. The molecule has 0 atom stereocenters. The first-order valence-corrected chi connectivity index (χ1v) is 11.0. The first-order chi connectivity index (χ1) is 16.6. The Kier molecular flexibility index (Phi) is 7.58. The second kappa shape index (κ2) is 11.2. The Balaban J connectivity index is 1.25. The van der Waals surface area contributed by atoms with Gasteiger partial charge in [-0.25, -0.2) is 4.79 Å². The van der Waals surface area contributed by atoms with E-state index in [4.69, 9.17) is 21.1 Å². The van der Waals surface area contributed by atoms with Crippen molar-refractivity contribution in [3.63, 3.8) is 0 Å². The van der Waals surface area contributed by atoms with E-state index in [1.807, 2.05) is 78.9 Å². The molecule has 1 N–H and O–H groups in total. The van der Waals surface area contributed by atoms with Gasteiger partial charge in [0.25, 0.3) is 5.91 Å². The number of carbonyl (C=O) groups excluding carboxylic acids is 2. The van der Waals surface area contributed by atoms with E-state index >= 15 is 0 Å². The Morgan fingerprint density at radius 1 is 0.853 bits per heavy atom. The molecule has 0 spiro atoms. The minimum atomic E-state index is -0.605. The molecule has 0 heterocycles. The normalized spacial score (nSPS) is 10.9. The predicted molar refractivity (Wildman–Crippen MR) is 135 cm³/mol. The van der Waals surface area contributed by atoms with Gasteiger partial charge >= 0.3 is 5.97 Å². The average molecular weight is 472 g/mol. The second-order valence-corrected chi connectivity index (χ2v) is 7.87. The lowest BCUT2D eigenvalue weighted by molar-refractivity contribution is -0.142. The highest BCUT2D eigenvalue weighted by molar-refractivity contribution is 6.31. The van der Waals surface area contributed by atoms with Crippen LogP contribution in [0.1, 0.15) is 11.1 Å². The van der Waals surface area contributed by atoms with Crippen LogP contribution in [0.5, 0.6) is 5.75 Å². The molecule has 0 aliphatic heterocycles. The summed E-state index contributed by atoms with van der Waals surface area (Å²) in [6, 6.07) is 28.1. The highest BCUT2D eigenvalue weighted by Gasteiger charge is 2.08. The number of fused-ring (bicyclic) bond motifs is 1. The summed E-state index contributed by atoms with van der Waals surface area (Å²) in [6.45, 7) is -0.0107. The number of hydrogen-bond donors (Lipinski definition) is 1. The highest BCUT2D eigenvalue weighted by atomic mass is 35.5. The van der Waals surface area contributed by atoms with Crippen LogP contribution < -0.4 is 10.1 Å². The fourth-order valence-electron chi connectivity index (χ4n) is 3.32. The second-order valence-electron chi connectivity index (χ2n) is 7.47. The summed E-state index contributed by atoms with van der Waals surface area (Å²) in [5.41, 5.74) is 2.37. The molecule has 0 aromatic heterocycles. The van der Waals surface area contributed by atoms with E-state index in [1.165, 1.54) is 6.08 Å². The topological polar surface area (TPSA) is 64.6 Å². The molecule has 0 radical (unpaired) electrons. The number of hydrogen-bond acceptors (Lipinski definition) is 4. The lowest BCUT2D eigenvalue weighted by Crippen LogP contribution is -2.20. The van der Waals surface area contributed by atoms with E-state index < -0.39 is 11.9 Å². The third-order valence-electron chi connectivity index (χ3n) is 5.05. The molecule has 34 heavy (non-hydrogen) atoms. The lowest BCUT2D eigenvalue weighted by Gasteiger charge is -2.08. The standard InChI is InChI=1S/C28H22ClNO4/c29-25-10-4-2-7-22(25)18-33-23-15-12-20(13-16-23)14-17-28(32)34-19-27(31)30-26-11-5-8-21-6-1-3-9-24(21)26/h1-17H,18-19H2,(H,30,31). The van der Waals surface area contributed by atoms with Gasteiger partial charge in [0.05, 0.1) is 0 Å². The number of benzene rings is 4. The molecule has 0 saturated heterocycles. The van der Waals surface area contributed by atoms with E-state index in [2.05, 4.69) is 5.32 Å². The van der Waals surface area contributed by atoms with Gasteiger partial charge in [-0.2, -0.15) is 0 Å². The van der Waals surface area contributed by atoms with Gasteiger partial charge in [0.15, 0.2) is 6.61 Å². The molecular weight excluding hydrogens is 450 g/mol. The van der Waals surface area contributed by atoms with E-state index in [-0.39, 0.29) is 6.61 Å². The molecular formula is C28H22ClNO4. The molecule has 0 saturated carbocycles. The van der Waals surface area contributed by atoms with Crippen molar-refractivity contribution in [1.29, 1.82) is 0 Å². The van der Waals surface area contributed by atoms with E-state index in [0.29, 0.717) is 23.1 Å². The van der Waals surface area contributed by atoms with Gasteiger partial charge < -0.3 is 14.8 Å². The van der Waals surface area contributed by atoms with Gasteiger partial charge in [-0.3, -0.25) is 4.79 Å². The van der Waals surface area contributed by atoms with Crippen LogP contribution in [0.3, 0.4) is 0 Å². The number of nitrogens with one attached hydrogen (secondary N) is 1. The summed E-state index contributed by atoms with van der Waals surface area (Å²) in [7, 11) is 0. The van der Waals surface area contributed by atoms with E-state index in [1.54, 1.807) is 18.2 Å². The molecule has 6 heteroatoms. The quantitative estimate of drug-likeness (QED) is 0.243. The SMILES string of the molecule is O=C(COC(=O)C=Cc1ccc(OCc2ccccc2Cl)cc1)Nc1cccc2ccccc12. The molecule has 0 unspecified atom stereocenters. The van der Waals surface area contributed by atoms with Crippen molar-refractivity contribution < 1.29 is 19.1 Å². The summed E-state index contributed by atoms with van der Waals surface area (Å²) in [5, 5.41) is 5.38. The van der Waals surface area contributed by atoms with Crippen LogP contribution in [0.2, 0.25) is 5.02 Å². The van der Waals surface area contributed by atoms with Crippen molar-refractivity contribution in [2.24, 2.45) is 0 Å². The van der Waals surface area contributed by atoms with Crippen molar-refractivity contribution in [3.05, 3.63) is 113 Å². The van der Waals surface area contributed by atoms with Crippen LogP contribution in [0.4, 0.5) is 5.69 Å². The van der Waals surface area contributed by atoms with Crippen molar-refractivity contribution in [2.75, 3.05) is 11.9 Å². The number of rotatable bonds is 8. The smallest absolute Gasteiger partial charge is 0.331 e. The lowest BCUT2D eigenvalue weighted by atomic mass is 10.1. The fraction of sp³-hybridized carbons (Fsp3) is 0.0714. The Labute approximate surface area is 202 Å². The zero-order valence-electron chi connectivity index (χ0n) is 18.2. The van der Waals surface area contributed by atoms with Crippen LogP contribution in [0, 0.1) is 0 Å². The molecule has 0 bridgehead atoms. The summed E-state index contributed by atoms with van der Waals surface area (Å²) >= 11 is 6.14. The molecule has 0 aliphatic carbocycles. The largest absolute Gasteiger partial charge is 0.489 e. The summed E-state index contributed by atoms with van der Waals surface area (Å²) in [4.78, 5) is 24.2. The van der Waals surface area contributed by atoms with Crippen molar-refractivity contribution >= 4 is 46.0 Å². The number of halogens is 1. The van der Waals surface area contributed by atoms with Crippen molar-refractivity contribution in [3.8, 4) is 5.75 Å². The fourth-order valence-corrected chi connectivity index (χ4v) is 3.51. The van der Waals surface area contributed by atoms with Gasteiger partial charge in [0.1, 0.15) is 12.4 Å². The number of esters is 1. The monoisotopic (exact) mass is 471 g/mol. The zero-order valence-corrected chi connectivity index (χ0v) is 19.0. The molecule has 4 aromatic carbocycles. The van der Waals surface area contributed by atoms with Gasteiger partial charge in [-0.15, -0.1) is 0 Å². The third kappa shape index (κ3) is 6.24. The van der Waals surface area contributed by atoms with Crippen LogP contribution in [-0.2, 0) is 20.9 Å². The van der Waals surface area contributed by atoms with E-state index in [0.717, 1.165) is 21.9 Å². The number of carbonyl (C=O) groups is 2. The van der Waals surface area contributed by atoms with Crippen LogP contribution in [-0.4, -0.2) is 18.5 Å². The van der Waals surface area contributed by atoms with Crippen LogP contribution in [0.15, 0.2) is 97.1 Å². The van der Waals surface area contributed by atoms with Gasteiger partial charge in [-0.1, -0.05) is 78.3 Å². The first kappa shape index (κ1) is 23.1. The van der Waals surface area contributed by atoms with Crippen LogP contribution >= 0.6 is 11.6 Å². The maximum atomic E-state index is 12.2. The number of anilines is 1. The first-order valence-electron chi connectivity index (χ1n) is 10.7. The van der Waals surface area contributed by atoms with Gasteiger partial charge in [0, 0.05) is 27.7 Å². The molecule has 170 valence electrons. The Morgan fingerprint density at radius 3 is 2.41 bits per heavy atom.